The van der Waals surface area contributed by atoms with Crippen molar-refractivity contribution in [2.24, 2.45) is 4.99 Å². The fourth-order valence-electron chi connectivity index (χ4n) is 0.521. The van der Waals surface area contributed by atoms with E-state index >= 15 is 0 Å². The molecule has 0 bridgehead atoms. The van der Waals surface area contributed by atoms with Gasteiger partial charge in [-0.2, -0.15) is 4.99 Å². The number of carbonyl (C=O) groups excluding carboxylic acids is 2. The van der Waals surface area contributed by atoms with E-state index in [-0.39, 0.29) is 18.3 Å². The number of esters is 1. The maximum absolute atomic E-state index is 10.4. The Morgan fingerprint density at radius 3 is 2.45 bits per heavy atom. The van der Waals surface area contributed by atoms with Crippen molar-refractivity contribution in [1.82, 2.24) is 0 Å². The summed E-state index contributed by atoms with van der Waals surface area (Å²) >= 11 is 0. The van der Waals surface area contributed by atoms with Crippen molar-refractivity contribution < 1.29 is 14.3 Å². The first-order chi connectivity index (χ1) is 4.74. The molecule has 0 unspecified atom stereocenters. The lowest BCUT2D eigenvalue weighted by Crippen LogP contribution is -2.06. The molecular formula is C6H6ClNO3. The van der Waals surface area contributed by atoms with E-state index in [2.05, 4.69) is 9.73 Å². The zero-order valence-electron chi connectivity index (χ0n) is 5.73. The van der Waals surface area contributed by atoms with Gasteiger partial charge in [0.2, 0.25) is 5.90 Å². The van der Waals surface area contributed by atoms with Crippen LogP contribution in [0.4, 0.5) is 0 Å². The highest BCUT2D eigenvalue weighted by Crippen LogP contribution is 1.98. The van der Waals surface area contributed by atoms with Crippen LogP contribution in [-0.4, -0.2) is 17.8 Å². The predicted octanol–water partition coefficient (Wildman–Crippen LogP) is 0.466. The van der Waals surface area contributed by atoms with Gasteiger partial charge in [0.05, 0.1) is 0 Å². The molecule has 1 rings (SSSR count). The smallest absolute Gasteiger partial charge is 0.400 e. The first kappa shape index (κ1) is 9.84. The molecule has 0 saturated heterocycles. The molecule has 4 nitrogen and oxygen atoms in total. The SMILES string of the molecule is C/C=C\C1=NC(=O)C(=O)O1.Cl. The van der Waals surface area contributed by atoms with Crippen LogP contribution in [0.5, 0.6) is 0 Å². The number of ether oxygens (including phenoxy) is 1. The topological polar surface area (TPSA) is 55.7 Å². The minimum Gasteiger partial charge on any atom is -0.400 e. The van der Waals surface area contributed by atoms with Gasteiger partial charge in [-0.05, 0) is 13.0 Å². The van der Waals surface area contributed by atoms with Crippen LogP contribution in [0.15, 0.2) is 17.1 Å². The number of aliphatic imine (C=N–C) groups is 1. The highest BCUT2D eigenvalue weighted by atomic mass is 35.5. The molecule has 0 radical (unpaired) electrons. The van der Waals surface area contributed by atoms with E-state index in [1.807, 2.05) is 0 Å². The molecule has 0 spiro atoms. The Hall–Kier alpha value is -1.16. The Bertz CT molecular complexity index is 244. The van der Waals surface area contributed by atoms with Gasteiger partial charge in [-0.25, -0.2) is 4.79 Å². The quantitative estimate of drug-likeness (QED) is 0.430. The molecule has 0 aromatic rings. The van der Waals surface area contributed by atoms with Crippen molar-refractivity contribution in [1.29, 1.82) is 0 Å². The van der Waals surface area contributed by atoms with E-state index in [9.17, 15) is 9.59 Å². The molecule has 1 amide bonds. The van der Waals surface area contributed by atoms with Crippen LogP contribution in [0.3, 0.4) is 0 Å². The summed E-state index contributed by atoms with van der Waals surface area (Å²) in [6.07, 6.45) is 3.08. The van der Waals surface area contributed by atoms with Crippen LogP contribution in [0.25, 0.3) is 0 Å². The van der Waals surface area contributed by atoms with Gasteiger partial charge >= 0.3 is 11.9 Å². The fraction of sp³-hybridized carbons (Fsp3) is 0.167. The van der Waals surface area contributed by atoms with Crippen LogP contribution in [0.1, 0.15) is 6.92 Å². The standard InChI is InChI=1S/C6H5NO3.ClH/c1-2-3-4-7-5(8)6(9)10-4;/h2-3H,1H3;1H/b3-2-;. The van der Waals surface area contributed by atoms with Gasteiger partial charge in [0, 0.05) is 0 Å². The largest absolute Gasteiger partial charge is 0.406 e. The minimum atomic E-state index is -0.909. The summed E-state index contributed by atoms with van der Waals surface area (Å²) in [6.45, 7) is 1.74. The third-order valence-electron chi connectivity index (χ3n) is 0.893. The Morgan fingerprint density at radius 2 is 2.09 bits per heavy atom. The number of hydrogen-bond donors (Lipinski definition) is 0. The van der Waals surface area contributed by atoms with Crippen LogP contribution in [0, 0.1) is 0 Å². The molecule has 0 saturated carbocycles. The van der Waals surface area contributed by atoms with Gasteiger partial charge in [0.15, 0.2) is 0 Å². The Balaban J connectivity index is 0.000001000. The summed E-state index contributed by atoms with van der Waals surface area (Å²) < 4.78 is 4.39. The molecule has 0 aromatic heterocycles. The van der Waals surface area contributed by atoms with Gasteiger partial charge in [0.1, 0.15) is 0 Å². The van der Waals surface area contributed by atoms with Gasteiger partial charge in [-0.3, -0.25) is 4.79 Å². The third-order valence-corrected chi connectivity index (χ3v) is 0.893. The summed E-state index contributed by atoms with van der Waals surface area (Å²) in [5, 5.41) is 0. The predicted molar refractivity (Wildman–Crippen MR) is 40.6 cm³/mol. The normalized spacial score (nSPS) is 16.3. The fourth-order valence-corrected chi connectivity index (χ4v) is 0.521. The summed E-state index contributed by atoms with van der Waals surface area (Å²) in [6, 6.07) is 0. The average molecular weight is 176 g/mol. The van der Waals surface area contributed by atoms with Gasteiger partial charge in [-0.1, -0.05) is 6.08 Å². The molecule has 0 atom stereocenters. The number of rotatable bonds is 1. The molecule has 0 aromatic carbocycles. The number of carbonyl (C=O) groups is 2. The summed E-state index contributed by atoms with van der Waals surface area (Å²) in [5.74, 6) is -1.68. The number of nitrogens with zero attached hydrogens (tertiary/aromatic N) is 1. The van der Waals surface area contributed by atoms with E-state index in [0.29, 0.717) is 0 Å². The zero-order chi connectivity index (χ0) is 7.56. The summed E-state index contributed by atoms with van der Waals surface area (Å²) in [7, 11) is 0. The Kier molecular flexibility index (Phi) is 3.47. The van der Waals surface area contributed by atoms with Crippen molar-refractivity contribution >= 4 is 30.2 Å². The van der Waals surface area contributed by atoms with Crippen molar-refractivity contribution in [2.75, 3.05) is 0 Å². The van der Waals surface area contributed by atoms with Crippen LogP contribution < -0.4 is 0 Å². The molecule has 5 heteroatoms. The third kappa shape index (κ3) is 2.16. The Morgan fingerprint density at radius 1 is 1.45 bits per heavy atom. The van der Waals surface area contributed by atoms with E-state index < -0.39 is 11.9 Å². The lowest BCUT2D eigenvalue weighted by atomic mass is 10.5. The first-order valence-corrected chi connectivity index (χ1v) is 2.71. The first-order valence-electron chi connectivity index (χ1n) is 2.71. The van der Waals surface area contributed by atoms with Crippen molar-refractivity contribution in [3.8, 4) is 0 Å². The van der Waals surface area contributed by atoms with Crippen LogP contribution in [0.2, 0.25) is 0 Å². The number of amides is 1. The van der Waals surface area contributed by atoms with Crippen LogP contribution in [-0.2, 0) is 14.3 Å². The highest BCUT2D eigenvalue weighted by Gasteiger charge is 2.24. The highest BCUT2D eigenvalue weighted by molar-refractivity contribution is 6.40. The molecular weight excluding hydrogens is 170 g/mol. The van der Waals surface area contributed by atoms with E-state index in [4.69, 9.17) is 0 Å². The van der Waals surface area contributed by atoms with Gasteiger partial charge in [-0.15, -0.1) is 12.4 Å². The monoisotopic (exact) mass is 175 g/mol. The molecule has 60 valence electrons. The maximum Gasteiger partial charge on any atom is 0.406 e. The minimum absolute atomic E-state index is 0. The van der Waals surface area contributed by atoms with Crippen molar-refractivity contribution in [2.45, 2.75) is 6.92 Å². The Labute approximate surface area is 69.4 Å². The lowest BCUT2D eigenvalue weighted by Gasteiger charge is -1.85. The maximum atomic E-state index is 10.4. The molecule has 11 heavy (non-hydrogen) atoms. The van der Waals surface area contributed by atoms with E-state index in [1.54, 1.807) is 13.0 Å². The molecule has 0 N–H and O–H groups in total. The summed E-state index contributed by atoms with van der Waals surface area (Å²) in [4.78, 5) is 24.0. The van der Waals surface area contributed by atoms with Crippen molar-refractivity contribution in [3.63, 3.8) is 0 Å². The molecule has 1 heterocycles. The zero-order valence-corrected chi connectivity index (χ0v) is 6.55. The number of allylic oxidation sites excluding steroid dienone is 1. The molecule has 0 fully saturated rings. The van der Waals surface area contributed by atoms with Gasteiger partial charge in [0.25, 0.3) is 0 Å². The molecule has 1 aliphatic rings. The van der Waals surface area contributed by atoms with E-state index in [0.717, 1.165) is 0 Å². The average Bonchev–Trinajstić information content (AvgIpc) is 2.14. The summed E-state index contributed by atoms with van der Waals surface area (Å²) in [5.41, 5.74) is 0. The molecule has 1 aliphatic heterocycles. The molecule has 0 aliphatic carbocycles. The number of halogens is 1. The van der Waals surface area contributed by atoms with Crippen molar-refractivity contribution in [3.05, 3.63) is 12.2 Å². The lowest BCUT2D eigenvalue weighted by molar-refractivity contribution is -0.145. The van der Waals surface area contributed by atoms with E-state index in [1.165, 1.54) is 6.08 Å². The van der Waals surface area contributed by atoms with Crippen LogP contribution >= 0.6 is 12.4 Å². The second-order valence-corrected chi connectivity index (χ2v) is 1.64. The second-order valence-electron chi connectivity index (χ2n) is 1.64. The number of cyclic esters (lactones) is 1. The van der Waals surface area contributed by atoms with Gasteiger partial charge < -0.3 is 4.74 Å². The second kappa shape index (κ2) is 3.88. The number of hydrogen-bond acceptors (Lipinski definition) is 3.